The number of aromatic nitrogens is 1. The van der Waals surface area contributed by atoms with Gasteiger partial charge in [0.1, 0.15) is 6.54 Å². The number of nitrogens with zero attached hydrogens (tertiary/aromatic N) is 3. The zero-order valence-electron chi connectivity index (χ0n) is 21.2. The summed E-state index contributed by atoms with van der Waals surface area (Å²) in [7, 11) is 1.26. The number of ether oxygens (including phenoxy) is 3. The topological polar surface area (TPSA) is 141 Å². The molecule has 0 atom stereocenters. The summed E-state index contributed by atoms with van der Waals surface area (Å²) in [5.41, 5.74) is 2.34. The van der Waals surface area contributed by atoms with Crippen LogP contribution in [0, 0.1) is 3.57 Å². The minimum absolute atomic E-state index is 0.0668. The molecule has 40 heavy (non-hydrogen) atoms. The van der Waals surface area contributed by atoms with Gasteiger partial charge in [-0.1, -0.05) is 6.07 Å². The Morgan fingerprint density at radius 2 is 1.82 bits per heavy atom. The maximum absolute atomic E-state index is 12.7. The van der Waals surface area contributed by atoms with Crippen molar-refractivity contribution in [3.63, 3.8) is 0 Å². The second kappa shape index (κ2) is 11.7. The molecule has 12 heteroatoms. The highest BCUT2D eigenvalue weighted by Gasteiger charge is 2.20. The van der Waals surface area contributed by atoms with Gasteiger partial charge in [-0.2, -0.15) is 0 Å². The highest BCUT2D eigenvalue weighted by molar-refractivity contribution is 14.1. The van der Waals surface area contributed by atoms with Gasteiger partial charge in [0.2, 0.25) is 18.6 Å². The molecule has 0 bridgehead atoms. The first-order valence-electron chi connectivity index (χ1n) is 12.1. The third kappa shape index (κ3) is 5.91. The van der Waals surface area contributed by atoms with E-state index in [1.807, 2.05) is 24.3 Å². The van der Waals surface area contributed by atoms with Gasteiger partial charge in [-0.25, -0.2) is 0 Å². The van der Waals surface area contributed by atoms with E-state index in [4.69, 9.17) is 14.2 Å². The van der Waals surface area contributed by atoms with Crippen LogP contribution in [0.1, 0.15) is 22.3 Å². The Morgan fingerprint density at radius 1 is 1.05 bits per heavy atom. The van der Waals surface area contributed by atoms with Crippen molar-refractivity contribution in [1.29, 1.82) is 0 Å². The predicted octanol–water partition coefficient (Wildman–Crippen LogP) is 5.35. The normalized spacial score (nSPS) is 12.2. The van der Waals surface area contributed by atoms with Gasteiger partial charge in [0.25, 0.3) is 5.91 Å². The molecule has 0 spiro atoms. The van der Waals surface area contributed by atoms with E-state index >= 15 is 0 Å². The average Bonchev–Trinajstić information content (AvgIpc) is 3.52. The van der Waals surface area contributed by atoms with Gasteiger partial charge in [-0.05, 0) is 89.2 Å². The van der Waals surface area contributed by atoms with E-state index in [9.17, 15) is 19.5 Å². The number of aryl methyl sites for hydroxylation is 1. The summed E-state index contributed by atoms with van der Waals surface area (Å²) < 4.78 is 17.6. The molecule has 11 nitrogen and oxygen atoms in total. The number of nitrogens with one attached hydrogen (secondary N) is 1. The molecule has 2 heterocycles. The zero-order chi connectivity index (χ0) is 28.2. The second-order valence-electron chi connectivity index (χ2n) is 8.81. The summed E-state index contributed by atoms with van der Waals surface area (Å²) >= 11 is 2.11. The van der Waals surface area contributed by atoms with Crippen LogP contribution in [0.4, 0.5) is 11.4 Å². The van der Waals surface area contributed by atoms with Gasteiger partial charge in [-0.3, -0.25) is 19.0 Å². The predicted molar refractivity (Wildman–Crippen MR) is 153 cm³/mol. The summed E-state index contributed by atoms with van der Waals surface area (Å²) in [5.74, 6) is -0.306. The molecule has 0 radical (unpaired) electrons. The lowest BCUT2D eigenvalue weighted by molar-refractivity contribution is -0.141. The van der Waals surface area contributed by atoms with E-state index in [2.05, 4.69) is 38.1 Å². The molecule has 2 amide bonds. The monoisotopic (exact) mass is 654 g/mol. The molecule has 1 aliphatic heterocycles. The maximum atomic E-state index is 12.7. The molecule has 0 unspecified atom stereocenters. The number of halogens is 1. The maximum Gasteiger partial charge on any atom is 0.325 e. The van der Waals surface area contributed by atoms with Crippen LogP contribution < -0.4 is 14.8 Å². The summed E-state index contributed by atoms with van der Waals surface area (Å²) in [6.07, 6.45) is 0.794. The third-order valence-corrected chi connectivity index (χ3v) is 6.89. The average molecular weight is 654 g/mol. The number of azo groups is 1. The number of methoxy groups -OCH3 is 1. The summed E-state index contributed by atoms with van der Waals surface area (Å²) in [4.78, 5) is 37.0. The quantitative estimate of drug-likeness (QED) is 0.148. The molecule has 3 aromatic carbocycles. The van der Waals surface area contributed by atoms with Crippen LogP contribution >= 0.6 is 22.6 Å². The Labute approximate surface area is 241 Å². The highest BCUT2D eigenvalue weighted by atomic mass is 127. The van der Waals surface area contributed by atoms with Crippen LogP contribution in [-0.2, 0) is 27.3 Å². The van der Waals surface area contributed by atoms with E-state index in [0.717, 1.165) is 9.13 Å². The zero-order valence-corrected chi connectivity index (χ0v) is 23.4. The van der Waals surface area contributed by atoms with Crippen LogP contribution in [0.15, 0.2) is 70.9 Å². The third-order valence-electron chi connectivity index (χ3n) is 6.22. The lowest BCUT2D eigenvalue weighted by Gasteiger charge is -2.06. The van der Waals surface area contributed by atoms with Crippen molar-refractivity contribution in [2.24, 2.45) is 10.2 Å². The van der Waals surface area contributed by atoms with Crippen LogP contribution in [0.5, 0.6) is 17.4 Å². The standard InChI is InChI=1S/C28H23IN4O7/c1-38-25(35)14-33-21-9-6-18(29)13-20(21)26(28(33)37)31-32-27(36)17-4-7-19(8-5-17)30-24(34)11-3-16-2-10-22-23(12-16)40-15-39-22/h2,4-10,12-13,37H,3,11,14-15H2,1H3,(H,30,34). The van der Waals surface area contributed by atoms with Crippen LogP contribution in [0.3, 0.4) is 0 Å². The first-order valence-corrected chi connectivity index (χ1v) is 13.2. The Morgan fingerprint density at radius 3 is 2.60 bits per heavy atom. The lowest BCUT2D eigenvalue weighted by atomic mass is 10.1. The fourth-order valence-electron chi connectivity index (χ4n) is 4.18. The Hall–Kier alpha value is -4.46. The molecule has 0 saturated carbocycles. The van der Waals surface area contributed by atoms with Crippen LogP contribution in [0.25, 0.3) is 10.9 Å². The Bertz CT molecular complexity index is 1650. The van der Waals surface area contributed by atoms with Gasteiger partial charge in [-0.15, -0.1) is 10.2 Å². The fraction of sp³-hybridized carbons (Fsp3) is 0.179. The van der Waals surface area contributed by atoms with Gasteiger partial charge in [0.05, 0.1) is 12.6 Å². The molecule has 2 N–H and O–H groups in total. The van der Waals surface area contributed by atoms with Crippen molar-refractivity contribution in [3.8, 4) is 17.4 Å². The number of amides is 2. The number of anilines is 1. The molecular weight excluding hydrogens is 631 g/mol. The molecule has 5 rings (SSSR count). The van der Waals surface area contributed by atoms with Gasteiger partial charge >= 0.3 is 5.97 Å². The number of esters is 1. The van der Waals surface area contributed by atoms with Gasteiger partial charge in [0, 0.05) is 26.6 Å². The number of hydrogen-bond donors (Lipinski definition) is 2. The van der Waals surface area contributed by atoms with Crippen molar-refractivity contribution >= 4 is 62.7 Å². The highest BCUT2D eigenvalue weighted by Crippen LogP contribution is 2.39. The van der Waals surface area contributed by atoms with Crippen molar-refractivity contribution in [2.75, 3.05) is 19.2 Å². The number of carbonyl (C=O) groups is 3. The second-order valence-corrected chi connectivity index (χ2v) is 10.1. The summed E-state index contributed by atoms with van der Waals surface area (Å²) in [6.45, 7) is -0.0325. The van der Waals surface area contributed by atoms with Gasteiger partial charge in [0.15, 0.2) is 17.2 Å². The number of aromatic hydroxyl groups is 1. The van der Waals surface area contributed by atoms with E-state index in [1.54, 1.807) is 24.3 Å². The number of rotatable bonds is 8. The fourth-order valence-corrected chi connectivity index (χ4v) is 4.67. The first kappa shape index (κ1) is 27.1. The van der Waals surface area contributed by atoms with Gasteiger partial charge < -0.3 is 24.6 Å². The molecule has 1 aromatic heterocycles. The van der Waals surface area contributed by atoms with E-state index in [1.165, 1.54) is 23.8 Å². The molecule has 0 aliphatic carbocycles. The largest absolute Gasteiger partial charge is 0.493 e. The first-order chi connectivity index (χ1) is 19.3. The van der Waals surface area contributed by atoms with Crippen molar-refractivity contribution in [3.05, 3.63) is 75.4 Å². The number of hydrogen-bond acceptors (Lipinski definition) is 8. The number of carbonyl (C=O) groups excluding carboxylic acids is 3. The van der Waals surface area contributed by atoms with Crippen LogP contribution in [-0.4, -0.2) is 41.4 Å². The SMILES string of the molecule is COC(=O)Cn1c(O)c(N=NC(=O)c2ccc(NC(=O)CCc3ccc4c(c3)OCO4)cc2)c2cc(I)ccc21. The van der Waals surface area contributed by atoms with Crippen molar-refractivity contribution in [1.82, 2.24) is 4.57 Å². The van der Waals surface area contributed by atoms with E-state index in [0.29, 0.717) is 34.5 Å². The Balaban J connectivity index is 1.23. The van der Waals surface area contributed by atoms with E-state index < -0.39 is 11.9 Å². The minimum atomic E-state index is -0.639. The smallest absolute Gasteiger partial charge is 0.325 e. The van der Waals surface area contributed by atoms with E-state index in [-0.39, 0.29) is 42.8 Å². The number of benzene rings is 3. The lowest BCUT2D eigenvalue weighted by Crippen LogP contribution is -2.12. The van der Waals surface area contributed by atoms with Crippen LogP contribution in [0.2, 0.25) is 0 Å². The molecule has 1 aliphatic rings. The summed E-state index contributed by atoms with van der Waals surface area (Å²) in [5, 5.41) is 21.9. The molecular formula is C28H23IN4O7. The minimum Gasteiger partial charge on any atom is -0.493 e. The molecule has 0 fully saturated rings. The Kier molecular flexibility index (Phi) is 7.96. The van der Waals surface area contributed by atoms with Crippen molar-refractivity contribution < 1.29 is 33.7 Å². The molecule has 0 saturated heterocycles. The summed E-state index contributed by atoms with van der Waals surface area (Å²) in [6, 6.07) is 17.2. The van der Waals surface area contributed by atoms with Crippen molar-refractivity contribution in [2.45, 2.75) is 19.4 Å². The number of fused-ring (bicyclic) bond motifs is 2. The molecule has 204 valence electrons. The molecule has 4 aromatic rings.